The molecule has 1 aromatic carbocycles. The lowest BCUT2D eigenvalue weighted by Crippen LogP contribution is -2.45. The molecule has 6 nitrogen and oxygen atoms in total. The lowest BCUT2D eigenvalue weighted by molar-refractivity contribution is 0.0243. The smallest absolute Gasteiger partial charge is 0.191 e. The number of ether oxygens (including phenoxy) is 3. The number of hydrogen-bond donors (Lipinski definition) is 2. The minimum absolute atomic E-state index is 0.103. The van der Waals surface area contributed by atoms with Crippen LogP contribution in [-0.2, 0) is 11.3 Å². The molecular formula is C18H29N3O3. The third-order valence-electron chi connectivity index (χ3n) is 4.18. The number of nitrogens with one attached hydrogen (secondary N) is 2. The topological polar surface area (TPSA) is 64.1 Å². The van der Waals surface area contributed by atoms with Gasteiger partial charge in [-0.1, -0.05) is 0 Å². The summed E-state index contributed by atoms with van der Waals surface area (Å²) in [6, 6.07) is 5.77. The van der Waals surface area contributed by atoms with Crippen molar-refractivity contribution in [1.29, 1.82) is 0 Å². The van der Waals surface area contributed by atoms with Gasteiger partial charge < -0.3 is 24.8 Å². The molecule has 0 aliphatic carbocycles. The molecule has 0 saturated carbocycles. The summed E-state index contributed by atoms with van der Waals surface area (Å²) in [5.74, 6) is 2.34. The second-order valence-corrected chi connectivity index (χ2v) is 6.13. The summed E-state index contributed by atoms with van der Waals surface area (Å²) in [7, 11) is 3.30. The first-order valence-electron chi connectivity index (χ1n) is 8.47. The average Bonchev–Trinajstić information content (AvgIpc) is 3.04. The highest BCUT2D eigenvalue weighted by molar-refractivity contribution is 5.79. The SMILES string of the molecule is CCNC(=NCc1ccc(OC)cc1OC)NCC1(C)CCCO1. The maximum atomic E-state index is 5.81. The van der Waals surface area contributed by atoms with Gasteiger partial charge in [0.25, 0.3) is 0 Å². The van der Waals surface area contributed by atoms with Gasteiger partial charge in [-0.25, -0.2) is 4.99 Å². The minimum atomic E-state index is -0.103. The number of rotatable bonds is 7. The summed E-state index contributed by atoms with van der Waals surface area (Å²) in [4.78, 5) is 4.66. The Bertz CT molecular complexity index is 554. The number of methoxy groups -OCH3 is 2. The number of aliphatic imine (C=N–C) groups is 1. The van der Waals surface area contributed by atoms with Crippen molar-refractivity contribution in [3.05, 3.63) is 23.8 Å². The largest absolute Gasteiger partial charge is 0.497 e. The zero-order valence-corrected chi connectivity index (χ0v) is 15.1. The Morgan fingerprint density at radius 2 is 2.12 bits per heavy atom. The van der Waals surface area contributed by atoms with Gasteiger partial charge in [-0.3, -0.25) is 0 Å². The highest BCUT2D eigenvalue weighted by Crippen LogP contribution is 2.25. The Morgan fingerprint density at radius 3 is 2.75 bits per heavy atom. The van der Waals surface area contributed by atoms with Gasteiger partial charge in [0.15, 0.2) is 5.96 Å². The number of nitrogens with zero attached hydrogens (tertiary/aromatic N) is 1. The monoisotopic (exact) mass is 335 g/mol. The lowest BCUT2D eigenvalue weighted by atomic mass is 10.0. The van der Waals surface area contributed by atoms with Crippen LogP contribution >= 0.6 is 0 Å². The molecule has 2 N–H and O–H groups in total. The molecule has 1 unspecified atom stereocenters. The first kappa shape index (κ1) is 18.4. The van der Waals surface area contributed by atoms with E-state index < -0.39 is 0 Å². The molecule has 24 heavy (non-hydrogen) atoms. The van der Waals surface area contributed by atoms with Gasteiger partial charge in [0.1, 0.15) is 11.5 Å². The summed E-state index contributed by atoms with van der Waals surface area (Å²) in [5, 5.41) is 6.65. The van der Waals surface area contributed by atoms with Crippen LogP contribution in [0.5, 0.6) is 11.5 Å². The van der Waals surface area contributed by atoms with Crippen LogP contribution in [0.15, 0.2) is 23.2 Å². The first-order chi connectivity index (χ1) is 11.6. The predicted molar refractivity (Wildman–Crippen MR) is 96.0 cm³/mol. The van der Waals surface area contributed by atoms with E-state index >= 15 is 0 Å². The molecule has 0 amide bonds. The van der Waals surface area contributed by atoms with E-state index in [0.29, 0.717) is 6.54 Å². The second-order valence-electron chi connectivity index (χ2n) is 6.13. The third kappa shape index (κ3) is 5.03. The normalized spacial score (nSPS) is 20.8. The molecule has 2 rings (SSSR count). The molecule has 1 heterocycles. The van der Waals surface area contributed by atoms with Gasteiger partial charge in [-0.15, -0.1) is 0 Å². The standard InChI is InChI=1S/C18H29N3O3/c1-5-19-17(21-13-18(2)9-6-10-24-18)20-12-14-7-8-15(22-3)11-16(14)23-4/h7-8,11H,5-6,9-10,12-13H2,1-4H3,(H2,19,20,21). The van der Waals surface area contributed by atoms with Crippen LogP contribution in [0, 0.1) is 0 Å². The van der Waals surface area contributed by atoms with Crippen molar-refractivity contribution in [2.45, 2.75) is 38.8 Å². The van der Waals surface area contributed by atoms with Crippen molar-refractivity contribution < 1.29 is 14.2 Å². The molecule has 1 fully saturated rings. The Kier molecular flexibility index (Phi) is 6.73. The highest BCUT2D eigenvalue weighted by Gasteiger charge is 2.29. The fourth-order valence-electron chi connectivity index (χ4n) is 2.74. The van der Waals surface area contributed by atoms with Crippen LogP contribution in [-0.4, -0.2) is 45.5 Å². The minimum Gasteiger partial charge on any atom is -0.497 e. The molecule has 0 aromatic heterocycles. The number of benzene rings is 1. The van der Waals surface area contributed by atoms with E-state index in [2.05, 4.69) is 29.5 Å². The van der Waals surface area contributed by atoms with Crippen LogP contribution in [0.1, 0.15) is 32.3 Å². The predicted octanol–water partition coefficient (Wildman–Crippen LogP) is 2.33. The fraction of sp³-hybridized carbons (Fsp3) is 0.611. The summed E-state index contributed by atoms with van der Waals surface area (Å²) < 4.78 is 16.5. The van der Waals surface area contributed by atoms with Crippen LogP contribution in [0.3, 0.4) is 0 Å². The lowest BCUT2D eigenvalue weighted by Gasteiger charge is -2.24. The summed E-state index contributed by atoms with van der Waals surface area (Å²) >= 11 is 0. The average molecular weight is 335 g/mol. The van der Waals surface area contributed by atoms with Gasteiger partial charge in [0.2, 0.25) is 0 Å². The zero-order chi connectivity index (χ0) is 17.4. The van der Waals surface area contributed by atoms with Crippen LogP contribution < -0.4 is 20.1 Å². The van der Waals surface area contributed by atoms with E-state index in [1.165, 1.54) is 0 Å². The second kappa shape index (κ2) is 8.78. The molecule has 1 aromatic rings. The molecule has 1 aliphatic heterocycles. The highest BCUT2D eigenvalue weighted by atomic mass is 16.5. The van der Waals surface area contributed by atoms with Crippen LogP contribution in [0.2, 0.25) is 0 Å². The first-order valence-corrected chi connectivity index (χ1v) is 8.47. The Balaban J connectivity index is 2.02. The molecule has 134 valence electrons. The summed E-state index contributed by atoms with van der Waals surface area (Å²) in [5.41, 5.74) is 0.910. The molecule has 1 aliphatic rings. The third-order valence-corrected chi connectivity index (χ3v) is 4.18. The van der Waals surface area contributed by atoms with E-state index in [1.54, 1.807) is 14.2 Å². The van der Waals surface area contributed by atoms with Gasteiger partial charge in [-0.2, -0.15) is 0 Å². The van der Waals surface area contributed by atoms with Gasteiger partial charge >= 0.3 is 0 Å². The van der Waals surface area contributed by atoms with Crippen molar-refractivity contribution in [3.63, 3.8) is 0 Å². The van der Waals surface area contributed by atoms with Crippen molar-refractivity contribution in [2.75, 3.05) is 33.9 Å². The molecule has 0 bridgehead atoms. The van der Waals surface area contributed by atoms with E-state index in [4.69, 9.17) is 14.2 Å². The van der Waals surface area contributed by atoms with Crippen LogP contribution in [0.4, 0.5) is 0 Å². The maximum Gasteiger partial charge on any atom is 0.191 e. The van der Waals surface area contributed by atoms with E-state index in [1.807, 2.05) is 18.2 Å². The summed E-state index contributed by atoms with van der Waals surface area (Å²) in [6.07, 6.45) is 2.20. The van der Waals surface area contributed by atoms with Gasteiger partial charge in [-0.05, 0) is 38.8 Å². The quantitative estimate of drug-likeness (QED) is 0.591. The molecule has 6 heteroatoms. The Labute approximate surface area is 144 Å². The van der Waals surface area contributed by atoms with E-state index in [-0.39, 0.29) is 5.60 Å². The maximum absolute atomic E-state index is 5.81. The number of guanidine groups is 1. The number of hydrogen-bond acceptors (Lipinski definition) is 4. The molecule has 1 atom stereocenters. The zero-order valence-electron chi connectivity index (χ0n) is 15.1. The molecule has 0 spiro atoms. The molecular weight excluding hydrogens is 306 g/mol. The molecule has 1 saturated heterocycles. The van der Waals surface area contributed by atoms with E-state index in [9.17, 15) is 0 Å². The van der Waals surface area contributed by atoms with Gasteiger partial charge in [0.05, 0.1) is 26.4 Å². The molecule has 0 radical (unpaired) electrons. The Hall–Kier alpha value is -1.95. The van der Waals surface area contributed by atoms with Crippen LogP contribution in [0.25, 0.3) is 0 Å². The van der Waals surface area contributed by atoms with Crippen molar-refractivity contribution in [2.24, 2.45) is 4.99 Å². The van der Waals surface area contributed by atoms with E-state index in [0.717, 1.165) is 55.6 Å². The fourth-order valence-corrected chi connectivity index (χ4v) is 2.74. The van der Waals surface area contributed by atoms with Gasteiger partial charge in [0, 0.05) is 31.3 Å². The Morgan fingerprint density at radius 1 is 1.29 bits per heavy atom. The van der Waals surface area contributed by atoms with Crippen molar-refractivity contribution in [1.82, 2.24) is 10.6 Å². The summed E-state index contributed by atoms with van der Waals surface area (Å²) in [6.45, 7) is 7.12. The van der Waals surface area contributed by atoms with Crippen molar-refractivity contribution >= 4 is 5.96 Å². The van der Waals surface area contributed by atoms with Crippen molar-refractivity contribution in [3.8, 4) is 11.5 Å².